The molecule has 1 amide bonds. The van der Waals surface area contributed by atoms with Gasteiger partial charge in [0.25, 0.3) is 5.91 Å². The maximum Gasteiger partial charge on any atom is 0.338 e. The molecule has 0 aliphatic carbocycles. The van der Waals surface area contributed by atoms with Crippen LogP contribution in [-0.4, -0.2) is 23.5 Å². The summed E-state index contributed by atoms with van der Waals surface area (Å²) in [4.78, 5) is 28.0. The molecule has 0 fully saturated rings. The molecule has 0 saturated heterocycles. The first-order valence-electron chi connectivity index (χ1n) is 7.25. The van der Waals surface area contributed by atoms with Gasteiger partial charge in [-0.2, -0.15) is 0 Å². The van der Waals surface area contributed by atoms with E-state index < -0.39 is 11.9 Å². The summed E-state index contributed by atoms with van der Waals surface area (Å²) in [6, 6.07) is 18.2. The Bertz CT molecular complexity index is 832. The first-order chi connectivity index (χ1) is 11.7. The number of aromatic nitrogens is 1. The van der Waals surface area contributed by atoms with Gasteiger partial charge in [0.05, 0.1) is 11.3 Å². The molecule has 24 heavy (non-hydrogen) atoms. The van der Waals surface area contributed by atoms with Crippen molar-refractivity contribution in [1.82, 2.24) is 4.98 Å². The molecule has 3 rings (SSSR count). The van der Waals surface area contributed by atoms with Gasteiger partial charge in [-0.15, -0.1) is 11.3 Å². The average molecular weight is 338 g/mol. The van der Waals surface area contributed by atoms with Gasteiger partial charge in [0.15, 0.2) is 11.7 Å². The number of amides is 1. The Hall–Kier alpha value is -2.99. The van der Waals surface area contributed by atoms with Gasteiger partial charge in [0.1, 0.15) is 0 Å². The van der Waals surface area contributed by atoms with E-state index in [1.54, 1.807) is 30.3 Å². The van der Waals surface area contributed by atoms with Crippen LogP contribution in [0.5, 0.6) is 0 Å². The molecule has 1 heterocycles. The summed E-state index contributed by atoms with van der Waals surface area (Å²) < 4.78 is 4.98. The molecular weight excluding hydrogens is 324 g/mol. The maximum atomic E-state index is 11.9. The minimum absolute atomic E-state index is 0.353. The Kier molecular flexibility index (Phi) is 4.98. The van der Waals surface area contributed by atoms with E-state index in [2.05, 4.69) is 10.3 Å². The van der Waals surface area contributed by atoms with Crippen molar-refractivity contribution in [2.24, 2.45) is 0 Å². The van der Waals surface area contributed by atoms with Crippen LogP contribution in [0.15, 0.2) is 66.0 Å². The zero-order chi connectivity index (χ0) is 16.8. The molecule has 3 aromatic rings. The molecule has 0 saturated carbocycles. The number of carbonyl (C=O) groups is 2. The number of esters is 1. The first-order valence-corrected chi connectivity index (χ1v) is 8.13. The van der Waals surface area contributed by atoms with Crippen LogP contribution in [0.2, 0.25) is 0 Å². The van der Waals surface area contributed by atoms with Gasteiger partial charge in [0.2, 0.25) is 0 Å². The fourth-order valence-corrected chi connectivity index (χ4v) is 2.75. The van der Waals surface area contributed by atoms with E-state index in [-0.39, 0.29) is 6.61 Å². The molecule has 0 bridgehead atoms. The molecule has 0 radical (unpaired) electrons. The fraction of sp³-hybridized carbons (Fsp3) is 0.0556. The second-order valence-electron chi connectivity index (χ2n) is 4.89. The smallest absolute Gasteiger partial charge is 0.338 e. The second kappa shape index (κ2) is 7.52. The van der Waals surface area contributed by atoms with Crippen LogP contribution in [0.4, 0.5) is 5.13 Å². The normalized spacial score (nSPS) is 10.2. The topological polar surface area (TPSA) is 68.3 Å². The summed E-state index contributed by atoms with van der Waals surface area (Å²) >= 11 is 1.32. The largest absolute Gasteiger partial charge is 0.452 e. The number of rotatable bonds is 5. The molecule has 6 heteroatoms. The quantitative estimate of drug-likeness (QED) is 0.722. The fourth-order valence-electron chi connectivity index (χ4n) is 2.02. The predicted molar refractivity (Wildman–Crippen MR) is 92.9 cm³/mol. The number of thiazole rings is 1. The van der Waals surface area contributed by atoms with Crippen molar-refractivity contribution in [3.63, 3.8) is 0 Å². The summed E-state index contributed by atoms with van der Waals surface area (Å²) in [5.41, 5.74) is 2.17. The average Bonchev–Trinajstić information content (AvgIpc) is 3.09. The van der Waals surface area contributed by atoms with E-state index in [4.69, 9.17) is 4.74 Å². The zero-order valence-electron chi connectivity index (χ0n) is 12.6. The molecule has 120 valence electrons. The van der Waals surface area contributed by atoms with Crippen LogP contribution in [0.3, 0.4) is 0 Å². The van der Waals surface area contributed by atoms with Gasteiger partial charge >= 0.3 is 5.97 Å². The summed E-state index contributed by atoms with van der Waals surface area (Å²) in [6.07, 6.45) is 0. The van der Waals surface area contributed by atoms with E-state index >= 15 is 0 Å². The minimum Gasteiger partial charge on any atom is -0.452 e. The first kappa shape index (κ1) is 15.9. The molecule has 0 spiro atoms. The Morgan fingerprint density at radius 3 is 2.38 bits per heavy atom. The van der Waals surface area contributed by atoms with Crippen LogP contribution in [0.1, 0.15) is 10.4 Å². The van der Waals surface area contributed by atoms with Gasteiger partial charge in [-0.1, -0.05) is 48.5 Å². The molecule has 0 unspecified atom stereocenters. The number of hydrogen-bond acceptors (Lipinski definition) is 5. The number of carbonyl (C=O) groups excluding carboxylic acids is 2. The van der Waals surface area contributed by atoms with E-state index in [1.807, 2.05) is 35.7 Å². The molecule has 5 nitrogen and oxygen atoms in total. The van der Waals surface area contributed by atoms with Crippen LogP contribution in [-0.2, 0) is 9.53 Å². The predicted octanol–water partition coefficient (Wildman–Crippen LogP) is 3.61. The molecular formula is C18H14N2O3S. The van der Waals surface area contributed by atoms with Gasteiger partial charge in [-0.05, 0) is 12.1 Å². The third-order valence-electron chi connectivity index (χ3n) is 3.16. The monoisotopic (exact) mass is 338 g/mol. The number of anilines is 1. The van der Waals surface area contributed by atoms with Crippen molar-refractivity contribution < 1.29 is 14.3 Å². The van der Waals surface area contributed by atoms with Crippen LogP contribution in [0, 0.1) is 0 Å². The van der Waals surface area contributed by atoms with Crippen LogP contribution in [0.25, 0.3) is 11.3 Å². The van der Waals surface area contributed by atoms with E-state index in [1.165, 1.54) is 11.3 Å². The van der Waals surface area contributed by atoms with Crippen molar-refractivity contribution >= 4 is 28.3 Å². The maximum absolute atomic E-state index is 11.9. The highest BCUT2D eigenvalue weighted by molar-refractivity contribution is 7.14. The van der Waals surface area contributed by atoms with Gasteiger partial charge in [-0.25, -0.2) is 9.78 Å². The lowest BCUT2D eigenvalue weighted by Gasteiger charge is -2.04. The third kappa shape index (κ3) is 4.05. The summed E-state index contributed by atoms with van der Waals surface area (Å²) in [7, 11) is 0. The van der Waals surface area contributed by atoms with Crippen molar-refractivity contribution in [3.8, 4) is 11.3 Å². The molecule has 0 aliphatic rings. The standard InChI is InChI=1S/C18H14N2O3S/c21-16(11-23-17(22)14-9-5-2-6-10-14)20-18-19-15(12-24-18)13-7-3-1-4-8-13/h1-10,12H,11H2,(H,19,20,21). The van der Waals surface area contributed by atoms with Crippen LogP contribution < -0.4 is 5.32 Å². The van der Waals surface area contributed by atoms with E-state index in [0.29, 0.717) is 10.7 Å². The van der Waals surface area contributed by atoms with Crippen molar-refractivity contribution in [2.45, 2.75) is 0 Å². The molecule has 2 aromatic carbocycles. The molecule has 1 aromatic heterocycles. The number of benzene rings is 2. The summed E-state index contributed by atoms with van der Waals surface area (Å²) in [5, 5.41) is 4.96. The highest BCUT2D eigenvalue weighted by Gasteiger charge is 2.11. The molecule has 0 atom stereocenters. The Morgan fingerprint density at radius 2 is 1.67 bits per heavy atom. The Labute approximate surface area is 142 Å². The lowest BCUT2D eigenvalue weighted by Crippen LogP contribution is -2.20. The SMILES string of the molecule is O=C(COC(=O)c1ccccc1)Nc1nc(-c2ccccc2)cs1. The Balaban J connectivity index is 1.54. The summed E-state index contributed by atoms with van der Waals surface area (Å²) in [6.45, 7) is -0.353. The number of nitrogens with zero attached hydrogens (tertiary/aromatic N) is 1. The van der Waals surface area contributed by atoms with Crippen molar-refractivity contribution in [1.29, 1.82) is 0 Å². The highest BCUT2D eigenvalue weighted by atomic mass is 32.1. The molecule has 1 N–H and O–H groups in total. The van der Waals surface area contributed by atoms with Crippen molar-refractivity contribution in [2.75, 3.05) is 11.9 Å². The number of nitrogens with one attached hydrogen (secondary N) is 1. The zero-order valence-corrected chi connectivity index (χ0v) is 13.5. The Morgan fingerprint density at radius 1 is 1.00 bits per heavy atom. The van der Waals surface area contributed by atoms with Crippen molar-refractivity contribution in [3.05, 3.63) is 71.6 Å². The minimum atomic E-state index is -0.533. The van der Waals surface area contributed by atoms with Gasteiger partial charge in [-0.3, -0.25) is 10.1 Å². The number of ether oxygens (including phenoxy) is 1. The van der Waals surface area contributed by atoms with E-state index in [0.717, 1.165) is 11.3 Å². The second-order valence-corrected chi connectivity index (χ2v) is 5.75. The lowest BCUT2D eigenvalue weighted by molar-refractivity contribution is -0.119. The third-order valence-corrected chi connectivity index (χ3v) is 3.92. The van der Waals surface area contributed by atoms with Gasteiger partial charge in [0, 0.05) is 10.9 Å². The number of hydrogen-bond donors (Lipinski definition) is 1. The highest BCUT2D eigenvalue weighted by Crippen LogP contribution is 2.24. The molecule has 0 aliphatic heterocycles. The van der Waals surface area contributed by atoms with E-state index in [9.17, 15) is 9.59 Å². The van der Waals surface area contributed by atoms with Crippen LogP contribution >= 0.6 is 11.3 Å². The lowest BCUT2D eigenvalue weighted by atomic mass is 10.2. The van der Waals surface area contributed by atoms with Gasteiger partial charge < -0.3 is 4.74 Å². The summed E-state index contributed by atoms with van der Waals surface area (Å²) in [5.74, 6) is -0.955.